The van der Waals surface area contributed by atoms with E-state index in [9.17, 15) is 4.79 Å². The summed E-state index contributed by atoms with van der Waals surface area (Å²) in [5.74, 6) is 2.83. The lowest BCUT2D eigenvalue weighted by atomic mass is 9.49. The van der Waals surface area contributed by atoms with Crippen LogP contribution in [0.3, 0.4) is 0 Å². The van der Waals surface area contributed by atoms with Crippen LogP contribution in [-0.4, -0.2) is 34.1 Å². The summed E-state index contributed by atoms with van der Waals surface area (Å²) in [4.78, 5) is 18.3. The van der Waals surface area contributed by atoms with Gasteiger partial charge in [-0.15, -0.1) is 0 Å². The van der Waals surface area contributed by atoms with Gasteiger partial charge in [0.05, 0.1) is 0 Å². The van der Waals surface area contributed by atoms with E-state index < -0.39 is 0 Å². The largest absolute Gasteiger partial charge is 0.329 e. The molecule has 0 aromatic carbocycles. The van der Waals surface area contributed by atoms with E-state index in [1.165, 1.54) is 38.5 Å². The van der Waals surface area contributed by atoms with Gasteiger partial charge in [0.2, 0.25) is 0 Å². The molecule has 5 rings (SSSR count). The first-order valence-electron chi connectivity index (χ1n) is 7.87. The normalized spacial score (nSPS) is 38.1. The molecule has 1 heterocycles. The molecule has 0 saturated heterocycles. The first-order chi connectivity index (χ1) is 9.63. The Morgan fingerprint density at radius 2 is 1.85 bits per heavy atom. The number of aromatic nitrogens is 2. The van der Waals surface area contributed by atoms with Gasteiger partial charge in [-0.05, 0) is 61.7 Å². The van der Waals surface area contributed by atoms with Crippen LogP contribution in [0.15, 0.2) is 18.7 Å². The zero-order chi connectivity index (χ0) is 13.7. The molecule has 0 unspecified atom stereocenters. The summed E-state index contributed by atoms with van der Waals surface area (Å²) in [5.41, 5.74) is 0.416. The number of amides is 1. The van der Waals surface area contributed by atoms with E-state index in [4.69, 9.17) is 0 Å². The third kappa shape index (κ3) is 1.97. The summed E-state index contributed by atoms with van der Waals surface area (Å²) >= 11 is 0. The second-order valence-electron chi connectivity index (χ2n) is 7.53. The minimum absolute atomic E-state index is 0.0539. The summed E-state index contributed by atoms with van der Waals surface area (Å²) in [6.07, 6.45) is 13.4. The minimum atomic E-state index is 0.0539. The molecule has 0 spiro atoms. The number of rotatable bonds is 2. The van der Waals surface area contributed by atoms with Crippen LogP contribution in [0.25, 0.3) is 0 Å². The monoisotopic (exact) mass is 273 g/mol. The van der Waals surface area contributed by atoms with Crippen LogP contribution < -0.4 is 0 Å². The fourth-order valence-corrected chi connectivity index (χ4v) is 5.62. The van der Waals surface area contributed by atoms with Crippen molar-refractivity contribution in [1.29, 1.82) is 0 Å². The van der Waals surface area contributed by atoms with E-state index in [0.29, 0.717) is 5.41 Å². The Bertz CT molecular complexity index is 473. The standard InChI is InChI=1S/C16H23N3O/c1-18(15(20)19-3-2-17-11-19)10-16-7-12-4-13(8-16)6-14(5-12)9-16/h2-3,11-14H,4-10H2,1H3. The first-order valence-corrected chi connectivity index (χ1v) is 7.87. The van der Waals surface area contributed by atoms with E-state index in [-0.39, 0.29) is 6.03 Å². The van der Waals surface area contributed by atoms with E-state index >= 15 is 0 Å². The molecule has 0 atom stereocenters. The van der Waals surface area contributed by atoms with Crippen molar-refractivity contribution >= 4 is 6.03 Å². The van der Waals surface area contributed by atoms with Crippen LogP contribution >= 0.6 is 0 Å². The molecular weight excluding hydrogens is 250 g/mol. The van der Waals surface area contributed by atoms with Crippen LogP contribution in [0.2, 0.25) is 0 Å². The molecular formula is C16H23N3O. The lowest BCUT2D eigenvalue weighted by Gasteiger charge is -2.57. The predicted octanol–water partition coefficient (Wildman–Crippen LogP) is 3.00. The predicted molar refractivity (Wildman–Crippen MR) is 76.3 cm³/mol. The Morgan fingerprint density at radius 1 is 1.25 bits per heavy atom. The van der Waals surface area contributed by atoms with Gasteiger partial charge in [0, 0.05) is 26.0 Å². The van der Waals surface area contributed by atoms with Crippen LogP contribution in [0.5, 0.6) is 0 Å². The van der Waals surface area contributed by atoms with Crippen LogP contribution in [0, 0.1) is 23.2 Å². The van der Waals surface area contributed by atoms with Crippen molar-refractivity contribution in [2.45, 2.75) is 38.5 Å². The third-order valence-electron chi connectivity index (χ3n) is 5.79. The average molecular weight is 273 g/mol. The lowest BCUT2D eigenvalue weighted by Crippen LogP contribution is -2.51. The van der Waals surface area contributed by atoms with E-state index in [1.807, 2.05) is 11.9 Å². The van der Waals surface area contributed by atoms with E-state index in [2.05, 4.69) is 4.98 Å². The smallest absolute Gasteiger partial charge is 0.327 e. The summed E-state index contributed by atoms with van der Waals surface area (Å²) in [7, 11) is 1.95. The molecule has 0 N–H and O–H groups in total. The summed E-state index contributed by atoms with van der Waals surface area (Å²) in [6.45, 7) is 0.924. The molecule has 4 saturated carbocycles. The molecule has 4 nitrogen and oxygen atoms in total. The summed E-state index contributed by atoms with van der Waals surface area (Å²) in [6, 6.07) is 0.0539. The van der Waals surface area contributed by atoms with Gasteiger partial charge < -0.3 is 4.90 Å². The Kier molecular flexibility index (Phi) is 2.69. The van der Waals surface area contributed by atoms with Gasteiger partial charge in [0.25, 0.3) is 0 Å². The number of nitrogens with zero attached hydrogens (tertiary/aromatic N) is 3. The maximum absolute atomic E-state index is 12.4. The quantitative estimate of drug-likeness (QED) is 0.830. The molecule has 20 heavy (non-hydrogen) atoms. The number of imidazole rings is 1. The summed E-state index contributed by atoms with van der Waals surface area (Å²) in [5, 5.41) is 0. The van der Waals surface area contributed by atoms with E-state index in [1.54, 1.807) is 23.3 Å². The average Bonchev–Trinajstić information content (AvgIpc) is 2.89. The maximum atomic E-state index is 12.4. The molecule has 1 aromatic rings. The molecule has 4 aliphatic rings. The fraction of sp³-hybridized carbons (Fsp3) is 0.750. The van der Waals surface area contributed by atoms with Crippen molar-refractivity contribution in [3.05, 3.63) is 18.7 Å². The SMILES string of the molecule is CN(CC12CC3CC(CC(C3)C1)C2)C(=O)n1ccnc1. The van der Waals surface area contributed by atoms with Gasteiger partial charge in [-0.3, -0.25) is 4.57 Å². The Labute approximate surface area is 120 Å². The minimum Gasteiger partial charge on any atom is -0.327 e. The fourth-order valence-electron chi connectivity index (χ4n) is 5.62. The second kappa shape index (κ2) is 4.34. The second-order valence-corrected chi connectivity index (χ2v) is 7.53. The van der Waals surface area contributed by atoms with Crippen LogP contribution in [-0.2, 0) is 0 Å². The number of hydrogen-bond donors (Lipinski definition) is 0. The molecule has 4 fully saturated rings. The molecule has 108 valence electrons. The number of carbonyl (C=O) groups is 1. The van der Waals surface area contributed by atoms with Gasteiger partial charge >= 0.3 is 6.03 Å². The highest BCUT2D eigenvalue weighted by Gasteiger charge is 2.51. The Balaban J connectivity index is 1.50. The number of hydrogen-bond acceptors (Lipinski definition) is 2. The molecule has 0 radical (unpaired) electrons. The van der Waals surface area contributed by atoms with Crippen molar-refractivity contribution in [2.24, 2.45) is 23.2 Å². The Morgan fingerprint density at radius 3 is 2.35 bits per heavy atom. The Hall–Kier alpha value is -1.32. The van der Waals surface area contributed by atoms with Gasteiger partial charge in [-0.1, -0.05) is 0 Å². The van der Waals surface area contributed by atoms with Crippen LogP contribution in [0.4, 0.5) is 4.79 Å². The molecule has 4 bridgehead atoms. The molecule has 4 heteroatoms. The van der Waals surface area contributed by atoms with Crippen molar-refractivity contribution in [3.8, 4) is 0 Å². The number of carbonyl (C=O) groups excluding carboxylic acids is 1. The zero-order valence-corrected chi connectivity index (χ0v) is 12.2. The van der Waals surface area contributed by atoms with Gasteiger partial charge in [0.1, 0.15) is 6.33 Å². The zero-order valence-electron chi connectivity index (χ0n) is 12.2. The van der Waals surface area contributed by atoms with Crippen molar-refractivity contribution in [3.63, 3.8) is 0 Å². The summed E-state index contributed by atoms with van der Waals surface area (Å²) < 4.78 is 1.58. The third-order valence-corrected chi connectivity index (χ3v) is 5.79. The molecule has 1 amide bonds. The molecule has 1 aromatic heterocycles. The maximum Gasteiger partial charge on any atom is 0.329 e. The van der Waals surface area contributed by atoms with Gasteiger partial charge in [-0.25, -0.2) is 9.78 Å². The topological polar surface area (TPSA) is 38.1 Å². The van der Waals surface area contributed by atoms with Crippen molar-refractivity contribution in [1.82, 2.24) is 14.5 Å². The van der Waals surface area contributed by atoms with Crippen molar-refractivity contribution in [2.75, 3.05) is 13.6 Å². The van der Waals surface area contributed by atoms with Gasteiger partial charge in [-0.2, -0.15) is 0 Å². The highest BCUT2D eigenvalue weighted by molar-refractivity contribution is 5.76. The first kappa shape index (κ1) is 12.4. The molecule has 0 aliphatic heterocycles. The molecule has 4 aliphatic carbocycles. The van der Waals surface area contributed by atoms with Crippen LogP contribution in [0.1, 0.15) is 38.5 Å². The van der Waals surface area contributed by atoms with E-state index in [0.717, 1.165) is 24.3 Å². The van der Waals surface area contributed by atoms with Crippen molar-refractivity contribution < 1.29 is 4.79 Å². The highest BCUT2D eigenvalue weighted by atomic mass is 16.2. The highest BCUT2D eigenvalue weighted by Crippen LogP contribution is 2.60. The lowest BCUT2D eigenvalue weighted by molar-refractivity contribution is -0.0615. The van der Waals surface area contributed by atoms with Gasteiger partial charge in [0.15, 0.2) is 0 Å².